The van der Waals surface area contributed by atoms with Crippen molar-refractivity contribution in [3.05, 3.63) is 58.7 Å². The van der Waals surface area contributed by atoms with E-state index in [9.17, 15) is 4.79 Å². The standard InChI is InChI=1S/C9H11.C8H7O.Bi.BrH/c1-7-4-8(2)6-9(3)5-7;1-7(9)8-5-3-2-4-6-8;;/h4-5H,1-3H3;2-5H,1H3;;1H/q;;+1;/p-1. The first kappa shape index (κ1) is 15.9. The van der Waals surface area contributed by atoms with E-state index in [2.05, 4.69) is 51.2 Å². The molecule has 0 fully saturated rings. The predicted octanol–water partition coefficient (Wildman–Crippen LogP) is 3.32. The second-order valence-corrected chi connectivity index (χ2v) is 17.1. The van der Waals surface area contributed by atoms with Crippen molar-refractivity contribution in [3.8, 4) is 0 Å². The number of carbonyl (C=O) groups excluding carboxylic acids is 1. The molecule has 0 atom stereocenters. The Morgan fingerprint density at radius 2 is 1.60 bits per heavy atom. The average molecular weight is 527 g/mol. The molecule has 0 spiro atoms. The molecule has 0 radical (unpaired) electrons. The van der Waals surface area contributed by atoms with Crippen LogP contribution in [0.5, 0.6) is 0 Å². The summed E-state index contributed by atoms with van der Waals surface area (Å²) in [6.07, 6.45) is 0. The normalized spacial score (nSPS) is 10.9. The third kappa shape index (κ3) is 3.20. The molecule has 20 heavy (non-hydrogen) atoms. The number of rotatable bonds is 3. The van der Waals surface area contributed by atoms with Gasteiger partial charge in [-0.2, -0.15) is 0 Å². The van der Waals surface area contributed by atoms with E-state index in [4.69, 9.17) is 0 Å². The van der Waals surface area contributed by atoms with Crippen molar-refractivity contribution in [3.63, 3.8) is 0 Å². The Morgan fingerprint density at radius 3 is 2.15 bits per heavy atom. The second-order valence-electron chi connectivity index (χ2n) is 5.10. The summed E-state index contributed by atoms with van der Waals surface area (Å²) in [4.78, 5) is 11.8. The Labute approximate surface area is 134 Å². The molecule has 0 aliphatic heterocycles. The first-order valence-corrected chi connectivity index (χ1v) is 17.6. The molecule has 0 saturated carbocycles. The molecule has 0 heterocycles. The molecule has 0 amide bonds. The predicted molar refractivity (Wildman–Crippen MR) is 91.0 cm³/mol. The Kier molecular flexibility index (Phi) is 5.15. The third-order valence-corrected chi connectivity index (χ3v) is 17.2. The molecule has 2 aromatic carbocycles. The summed E-state index contributed by atoms with van der Waals surface area (Å²) in [6.45, 7) is 8.13. The maximum atomic E-state index is 11.8. The Bertz CT molecular complexity index is 641. The first-order chi connectivity index (χ1) is 9.41. The minimum atomic E-state index is -2.25. The summed E-state index contributed by atoms with van der Waals surface area (Å²) < 4.78 is 2.70. The molecular weight excluding hydrogens is 509 g/mol. The molecule has 2 rings (SSSR count). The number of carbonyl (C=O) groups is 1. The minimum absolute atomic E-state index is 0.155. The zero-order valence-corrected chi connectivity index (χ0v) is 17.3. The number of benzene rings is 2. The van der Waals surface area contributed by atoms with Crippen molar-refractivity contribution in [2.24, 2.45) is 0 Å². The van der Waals surface area contributed by atoms with Crippen LogP contribution in [0.15, 0.2) is 36.4 Å². The number of halogens is 1. The average Bonchev–Trinajstić information content (AvgIpc) is 2.37. The van der Waals surface area contributed by atoms with Gasteiger partial charge in [0.25, 0.3) is 0 Å². The summed E-state index contributed by atoms with van der Waals surface area (Å²) in [5.41, 5.74) is 4.86. The fourth-order valence-corrected chi connectivity index (χ4v) is 16.6. The number of Topliss-reactive ketones (excluding diaryl/α,β-unsaturated/α-hetero) is 1. The molecule has 0 saturated heterocycles. The van der Waals surface area contributed by atoms with E-state index in [1.165, 1.54) is 23.2 Å². The van der Waals surface area contributed by atoms with Gasteiger partial charge in [0, 0.05) is 0 Å². The number of hydrogen-bond donors (Lipinski definition) is 0. The summed E-state index contributed by atoms with van der Waals surface area (Å²) in [5.74, 6) is 0.155. The van der Waals surface area contributed by atoms with E-state index >= 15 is 0 Å². The molecule has 0 aliphatic carbocycles. The SMILES string of the molecule is CC(=O)c1cccc[c]1[Bi]([Br])[c]1c(C)cc(C)cc1C. The number of hydrogen-bond acceptors (Lipinski definition) is 1. The second kappa shape index (κ2) is 6.49. The maximum absolute atomic E-state index is 11.8. The fraction of sp³-hybridized carbons (Fsp3) is 0.235. The van der Waals surface area contributed by atoms with Crippen LogP contribution in [0.4, 0.5) is 0 Å². The molecule has 3 heteroatoms. The zero-order chi connectivity index (χ0) is 14.9. The topological polar surface area (TPSA) is 17.1 Å². The van der Waals surface area contributed by atoms with Gasteiger partial charge in [-0.05, 0) is 0 Å². The van der Waals surface area contributed by atoms with E-state index in [1.54, 1.807) is 6.92 Å². The molecule has 0 aliphatic rings. The van der Waals surface area contributed by atoms with Gasteiger partial charge in [-0.3, -0.25) is 0 Å². The molecular formula is C17H18BiBrO. The van der Waals surface area contributed by atoms with Gasteiger partial charge in [-0.1, -0.05) is 0 Å². The molecule has 2 aromatic rings. The first-order valence-electron chi connectivity index (χ1n) is 6.55. The van der Waals surface area contributed by atoms with Crippen LogP contribution in [0.3, 0.4) is 0 Å². The Balaban J connectivity index is 2.58. The van der Waals surface area contributed by atoms with E-state index in [0.29, 0.717) is 0 Å². The van der Waals surface area contributed by atoms with Crippen LogP contribution in [0.2, 0.25) is 0 Å². The van der Waals surface area contributed by atoms with Crippen molar-refractivity contribution in [1.29, 1.82) is 0 Å². The molecule has 1 nitrogen and oxygen atoms in total. The van der Waals surface area contributed by atoms with Gasteiger partial charge < -0.3 is 0 Å². The van der Waals surface area contributed by atoms with Crippen molar-refractivity contribution in [2.45, 2.75) is 27.7 Å². The van der Waals surface area contributed by atoms with E-state index in [0.717, 1.165) is 5.56 Å². The number of ketones is 1. The summed E-state index contributed by atoms with van der Waals surface area (Å²) in [6, 6.07) is 12.5. The van der Waals surface area contributed by atoms with Crippen molar-refractivity contribution in [1.82, 2.24) is 0 Å². The Hall–Kier alpha value is -0.527. The van der Waals surface area contributed by atoms with Crippen LogP contribution >= 0.6 is 12.2 Å². The van der Waals surface area contributed by atoms with Crippen LogP contribution in [0.25, 0.3) is 0 Å². The quantitative estimate of drug-likeness (QED) is 0.443. The molecule has 0 N–H and O–H groups in total. The van der Waals surface area contributed by atoms with Crippen molar-refractivity contribution in [2.75, 3.05) is 0 Å². The molecule has 104 valence electrons. The molecule has 0 aromatic heterocycles. The van der Waals surface area contributed by atoms with Crippen molar-refractivity contribution >= 4 is 43.9 Å². The van der Waals surface area contributed by atoms with Gasteiger partial charge in [0.2, 0.25) is 0 Å². The van der Waals surface area contributed by atoms with Crippen LogP contribution in [0, 0.1) is 20.8 Å². The van der Waals surface area contributed by atoms with Gasteiger partial charge in [0.15, 0.2) is 0 Å². The van der Waals surface area contributed by atoms with Crippen molar-refractivity contribution < 1.29 is 4.79 Å². The van der Waals surface area contributed by atoms with Gasteiger partial charge in [-0.25, -0.2) is 0 Å². The fourth-order valence-electron chi connectivity index (χ4n) is 2.55. The Morgan fingerprint density at radius 1 is 1.05 bits per heavy atom. The summed E-state index contributed by atoms with van der Waals surface area (Å²) in [7, 11) is 0. The van der Waals surface area contributed by atoms with Gasteiger partial charge in [0.05, 0.1) is 0 Å². The summed E-state index contributed by atoms with van der Waals surface area (Å²) >= 11 is 1.74. The third-order valence-electron chi connectivity index (χ3n) is 3.33. The van der Waals surface area contributed by atoms with Gasteiger partial charge in [-0.15, -0.1) is 0 Å². The van der Waals surface area contributed by atoms with Crippen LogP contribution < -0.4 is 6.54 Å². The summed E-state index contributed by atoms with van der Waals surface area (Å²) in [5, 5.41) is 0. The van der Waals surface area contributed by atoms with E-state index in [1.807, 2.05) is 18.2 Å². The number of aryl methyl sites for hydroxylation is 3. The van der Waals surface area contributed by atoms with Crippen LogP contribution in [-0.4, -0.2) is 25.2 Å². The zero-order valence-electron chi connectivity index (χ0n) is 12.2. The monoisotopic (exact) mass is 526 g/mol. The van der Waals surface area contributed by atoms with Crippen LogP contribution in [0.1, 0.15) is 34.0 Å². The van der Waals surface area contributed by atoms with Gasteiger partial charge >= 0.3 is 135 Å². The van der Waals surface area contributed by atoms with E-state index in [-0.39, 0.29) is 5.78 Å². The van der Waals surface area contributed by atoms with Gasteiger partial charge in [0.1, 0.15) is 0 Å². The van der Waals surface area contributed by atoms with E-state index < -0.39 is 19.4 Å². The van der Waals surface area contributed by atoms with Crippen LogP contribution in [-0.2, 0) is 0 Å². The molecule has 0 bridgehead atoms. The molecule has 0 unspecified atom stereocenters.